The molecule has 0 heterocycles. The molecule has 0 spiro atoms. The Labute approximate surface area is 258 Å². The summed E-state index contributed by atoms with van der Waals surface area (Å²) in [5.74, 6) is -1.48. The predicted molar refractivity (Wildman–Crippen MR) is 168 cm³/mol. The van der Waals surface area contributed by atoms with Crippen molar-refractivity contribution in [2.75, 3.05) is 13.1 Å². The Hall–Kier alpha value is -2.69. The molecule has 6 N–H and O–H groups in total. The highest BCUT2D eigenvalue weighted by molar-refractivity contribution is 5.92. The number of nitrogens with one attached hydrogen (secondary N) is 5. The summed E-state index contributed by atoms with van der Waals surface area (Å²) in [6, 6.07) is -2.26. The van der Waals surface area contributed by atoms with Crippen LogP contribution in [0, 0.1) is 17.8 Å². The minimum atomic E-state index is -0.976. The lowest BCUT2D eigenvalue weighted by atomic mass is 9.89. The Morgan fingerprint density at radius 3 is 2.09 bits per heavy atom. The minimum Gasteiger partial charge on any atom is -0.481 e. The molecule has 0 aromatic heterocycles. The average Bonchev–Trinajstić information content (AvgIpc) is 2.96. The summed E-state index contributed by atoms with van der Waals surface area (Å²) in [4.78, 5) is 62.7. The maximum atomic E-state index is 13.4. The van der Waals surface area contributed by atoms with Crippen LogP contribution in [0.4, 0.5) is 0 Å². The van der Waals surface area contributed by atoms with Gasteiger partial charge in [0.25, 0.3) is 0 Å². The number of carbonyl (C=O) groups is 5. The van der Waals surface area contributed by atoms with E-state index in [1.54, 1.807) is 0 Å². The number of hydrogen-bond acceptors (Lipinski definition) is 6. The van der Waals surface area contributed by atoms with Gasteiger partial charge < -0.3 is 31.7 Å². The Morgan fingerprint density at radius 1 is 0.837 bits per heavy atom. The molecule has 0 radical (unpaired) electrons. The van der Waals surface area contributed by atoms with Crippen LogP contribution in [-0.2, 0) is 24.0 Å². The highest BCUT2D eigenvalue weighted by Gasteiger charge is 2.30. The second-order valence-corrected chi connectivity index (χ2v) is 12.7. The largest absolute Gasteiger partial charge is 0.481 e. The first kappa shape index (κ1) is 38.3. The summed E-state index contributed by atoms with van der Waals surface area (Å²) in [5, 5.41) is 23.9. The monoisotopic (exact) mass is 609 g/mol. The van der Waals surface area contributed by atoms with Crippen LogP contribution < -0.4 is 26.6 Å². The summed E-state index contributed by atoms with van der Waals surface area (Å²) in [6.45, 7) is 12.8. The fraction of sp³-hybridized carbons (Fsp3) is 0.844. The first-order valence-corrected chi connectivity index (χ1v) is 16.5. The molecule has 1 aliphatic rings. The standard InChI is InChI=1S/C32H59N5O6/c1-7-13-26(36-32(43)29(22(5)8-2)37-27(38)16-12-17-28(39)40)31(42)35-25(18-21(3)4)20-33-23(6)30(41)34-19-24-14-10-9-11-15-24/h21-26,29,33H,7-20H2,1-6H3,(H,34,41)(H,35,42)(H,36,43)(H,37,38)(H,39,40)/t22-,23?,25-,26-,29?/m0/s1. The first-order chi connectivity index (χ1) is 20.4. The van der Waals surface area contributed by atoms with Gasteiger partial charge in [0.05, 0.1) is 6.04 Å². The lowest BCUT2D eigenvalue weighted by Gasteiger charge is -2.28. The highest BCUT2D eigenvalue weighted by atomic mass is 16.4. The third kappa shape index (κ3) is 16.1. The molecular formula is C32H59N5O6. The van der Waals surface area contributed by atoms with Crippen LogP contribution in [0.25, 0.3) is 0 Å². The lowest BCUT2D eigenvalue weighted by molar-refractivity contribution is -0.137. The molecule has 11 heteroatoms. The molecule has 0 aliphatic heterocycles. The second-order valence-electron chi connectivity index (χ2n) is 12.7. The van der Waals surface area contributed by atoms with Gasteiger partial charge in [0.2, 0.25) is 23.6 Å². The van der Waals surface area contributed by atoms with Crippen LogP contribution in [0.15, 0.2) is 0 Å². The van der Waals surface area contributed by atoms with Crippen LogP contribution in [0.2, 0.25) is 0 Å². The Bertz CT molecular complexity index is 876. The van der Waals surface area contributed by atoms with Crippen molar-refractivity contribution in [2.45, 2.75) is 143 Å². The van der Waals surface area contributed by atoms with Gasteiger partial charge in [0, 0.05) is 32.0 Å². The van der Waals surface area contributed by atoms with Crippen molar-refractivity contribution in [1.29, 1.82) is 0 Å². The zero-order chi connectivity index (χ0) is 32.4. The Morgan fingerprint density at radius 2 is 1.51 bits per heavy atom. The number of amides is 4. The van der Waals surface area contributed by atoms with Crippen molar-refractivity contribution in [3.05, 3.63) is 0 Å². The van der Waals surface area contributed by atoms with Gasteiger partial charge >= 0.3 is 5.97 Å². The SMILES string of the molecule is CCC[C@H](NC(=O)C(NC(=O)CCCC(=O)O)[C@@H](C)CC)C(=O)N[C@H](CNC(C)C(=O)NCC1CCCCC1)CC(C)C. The smallest absolute Gasteiger partial charge is 0.303 e. The molecule has 1 saturated carbocycles. The first-order valence-electron chi connectivity index (χ1n) is 16.5. The van der Waals surface area contributed by atoms with E-state index in [9.17, 15) is 24.0 Å². The summed E-state index contributed by atoms with van der Waals surface area (Å²) >= 11 is 0. The van der Waals surface area contributed by atoms with E-state index in [-0.39, 0.29) is 43.0 Å². The molecule has 2 unspecified atom stereocenters. The van der Waals surface area contributed by atoms with Crippen LogP contribution in [0.1, 0.15) is 119 Å². The van der Waals surface area contributed by atoms with Crippen molar-refractivity contribution in [3.8, 4) is 0 Å². The van der Waals surface area contributed by atoms with Crippen molar-refractivity contribution in [3.63, 3.8) is 0 Å². The molecule has 0 saturated heterocycles. The average molecular weight is 610 g/mol. The second kappa shape index (κ2) is 21.1. The quantitative estimate of drug-likeness (QED) is 0.116. The van der Waals surface area contributed by atoms with Crippen LogP contribution in [-0.4, -0.2) is 72.0 Å². The molecular weight excluding hydrogens is 550 g/mol. The summed E-state index contributed by atoms with van der Waals surface area (Å²) in [5.41, 5.74) is 0. The zero-order valence-corrected chi connectivity index (χ0v) is 27.4. The van der Waals surface area contributed by atoms with Crippen LogP contribution in [0.3, 0.4) is 0 Å². The van der Waals surface area contributed by atoms with E-state index < -0.39 is 35.9 Å². The van der Waals surface area contributed by atoms with Gasteiger partial charge in [-0.2, -0.15) is 0 Å². The van der Waals surface area contributed by atoms with Crippen molar-refractivity contribution >= 4 is 29.6 Å². The van der Waals surface area contributed by atoms with E-state index in [0.29, 0.717) is 50.6 Å². The third-order valence-corrected chi connectivity index (χ3v) is 8.27. The van der Waals surface area contributed by atoms with E-state index in [1.165, 1.54) is 19.3 Å². The molecule has 1 fully saturated rings. The number of carboxylic acids is 1. The lowest BCUT2D eigenvalue weighted by Crippen LogP contribution is -2.57. The molecule has 4 amide bonds. The molecule has 0 aromatic rings. The number of rotatable bonds is 21. The third-order valence-electron chi connectivity index (χ3n) is 8.27. The molecule has 0 bridgehead atoms. The van der Waals surface area contributed by atoms with Crippen LogP contribution in [0.5, 0.6) is 0 Å². The fourth-order valence-electron chi connectivity index (χ4n) is 5.43. The predicted octanol–water partition coefficient (Wildman–Crippen LogP) is 3.26. The Kier molecular flexibility index (Phi) is 18.8. The molecule has 0 aromatic carbocycles. The highest BCUT2D eigenvalue weighted by Crippen LogP contribution is 2.22. The summed E-state index contributed by atoms with van der Waals surface area (Å²) in [7, 11) is 0. The topological polar surface area (TPSA) is 166 Å². The van der Waals surface area contributed by atoms with Gasteiger partial charge in [0.1, 0.15) is 12.1 Å². The molecule has 5 atom stereocenters. The number of aliphatic carboxylic acids is 1. The van der Waals surface area contributed by atoms with E-state index in [0.717, 1.165) is 12.8 Å². The van der Waals surface area contributed by atoms with Crippen LogP contribution >= 0.6 is 0 Å². The van der Waals surface area contributed by atoms with E-state index in [1.807, 2.05) is 27.7 Å². The molecule has 1 aliphatic carbocycles. The molecule has 11 nitrogen and oxygen atoms in total. The van der Waals surface area contributed by atoms with E-state index in [2.05, 4.69) is 40.4 Å². The van der Waals surface area contributed by atoms with Gasteiger partial charge in [-0.15, -0.1) is 0 Å². The maximum Gasteiger partial charge on any atom is 0.303 e. The molecule has 43 heavy (non-hydrogen) atoms. The maximum absolute atomic E-state index is 13.4. The number of hydrogen-bond donors (Lipinski definition) is 6. The van der Waals surface area contributed by atoms with E-state index in [4.69, 9.17) is 5.11 Å². The fourth-order valence-corrected chi connectivity index (χ4v) is 5.43. The zero-order valence-electron chi connectivity index (χ0n) is 27.4. The van der Waals surface area contributed by atoms with Crippen molar-refractivity contribution < 1.29 is 29.1 Å². The normalized spacial score (nSPS) is 17.3. The van der Waals surface area contributed by atoms with Crippen molar-refractivity contribution in [1.82, 2.24) is 26.6 Å². The van der Waals surface area contributed by atoms with Gasteiger partial charge in [0.15, 0.2) is 0 Å². The number of carbonyl (C=O) groups excluding carboxylic acids is 4. The van der Waals surface area contributed by atoms with Crippen molar-refractivity contribution in [2.24, 2.45) is 17.8 Å². The number of carboxylic acid groups (broad SMARTS) is 1. The van der Waals surface area contributed by atoms with E-state index >= 15 is 0 Å². The molecule has 248 valence electrons. The summed E-state index contributed by atoms with van der Waals surface area (Å²) < 4.78 is 0. The minimum absolute atomic E-state index is 0.00625. The van der Waals surface area contributed by atoms with Gasteiger partial charge in [-0.1, -0.05) is 66.7 Å². The van der Waals surface area contributed by atoms with Gasteiger partial charge in [-0.05, 0) is 56.8 Å². The summed E-state index contributed by atoms with van der Waals surface area (Å²) in [6.07, 6.45) is 8.55. The van der Waals surface area contributed by atoms with Gasteiger partial charge in [-0.25, -0.2) is 0 Å². The Balaban J connectivity index is 2.78. The molecule has 1 rings (SSSR count). The van der Waals surface area contributed by atoms with Gasteiger partial charge in [-0.3, -0.25) is 24.0 Å².